The average molecular weight is 358 g/mol. The lowest BCUT2D eigenvalue weighted by molar-refractivity contribution is 0.619. The first-order valence-corrected chi connectivity index (χ1v) is 7.00. The Hall–Kier alpha value is -1.17. The van der Waals surface area contributed by atoms with E-state index in [0.29, 0.717) is 15.5 Å². The van der Waals surface area contributed by atoms with Gasteiger partial charge in [-0.05, 0) is 48.6 Å². The highest BCUT2D eigenvalue weighted by atomic mass is 79.9. The largest absolute Gasteiger partial charge is 0.330 e. The van der Waals surface area contributed by atoms with Crippen molar-refractivity contribution >= 4 is 50.8 Å². The third-order valence-electron chi connectivity index (χ3n) is 2.80. The number of aromatic nitrogens is 2. The van der Waals surface area contributed by atoms with E-state index in [4.69, 9.17) is 23.8 Å². The van der Waals surface area contributed by atoms with E-state index >= 15 is 0 Å². The lowest BCUT2D eigenvalue weighted by Crippen LogP contribution is -1.97. The van der Waals surface area contributed by atoms with E-state index in [-0.39, 0.29) is 0 Å². The van der Waals surface area contributed by atoms with Crippen molar-refractivity contribution in [3.8, 4) is 5.69 Å². The van der Waals surface area contributed by atoms with Crippen LogP contribution in [0.3, 0.4) is 0 Å². The van der Waals surface area contributed by atoms with Crippen molar-refractivity contribution in [2.75, 3.05) is 0 Å². The van der Waals surface area contributed by atoms with Gasteiger partial charge in [0.15, 0.2) is 4.77 Å². The molecule has 2 nitrogen and oxygen atoms in total. The van der Waals surface area contributed by atoms with Crippen molar-refractivity contribution < 1.29 is 4.39 Å². The van der Waals surface area contributed by atoms with Crippen LogP contribution in [0.1, 0.15) is 0 Å². The number of nitrogens with one attached hydrogen (secondary N) is 1. The van der Waals surface area contributed by atoms with Gasteiger partial charge in [-0.25, -0.2) is 4.39 Å². The molecular weight excluding hydrogens is 351 g/mol. The second-order valence-electron chi connectivity index (χ2n) is 4.02. The van der Waals surface area contributed by atoms with E-state index in [1.54, 1.807) is 16.7 Å². The van der Waals surface area contributed by atoms with Crippen LogP contribution in [0.15, 0.2) is 40.9 Å². The molecule has 2 aromatic carbocycles. The van der Waals surface area contributed by atoms with Gasteiger partial charge in [-0.2, -0.15) is 0 Å². The fourth-order valence-electron chi connectivity index (χ4n) is 1.98. The minimum atomic E-state index is -0.413. The zero-order chi connectivity index (χ0) is 13.6. The summed E-state index contributed by atoms with van der Waals surface area (Å²) in [6.45, 7) is 0. The zero-order valence-electron chi connectivity index (χ0n) is 9.45. The van der Waals surface area contributed by atoms with E-state index in [1.165, 1.54) is 6.07 Å². The first kappa shape index (κ1) is 12.8. The Balaban J connectivity index is 2.38. The highest BCUT2D eigenvalue weighted by molar-refractivity contribution is 9.10. The second-order valence-corrected chi connectivity index (χ2v) is 5.76. The molecule has 1 aromatic heterocycles. The molecule has 96 valence electrons. The maximum atomic E-state index is 14.0. The molecule has 0 bridgehead atoms. The molecule has 0 unspecified atom stereocenters. The Labute approximate surface area is 127 Å². The third-order valence-corrected chi connectivity index (χ3v) is 3.81. The highest BCUT2D eigenvalue weighted by Gasteiger charge is 2.11. The molecular formula is C13H7BrClFN2S. The third kappa shape index (κ3) is 2.22. The van der Waals surface area contributed by atoms with Gasteiger partial charge in [0, 0.05) is 9.50 Å². The Morgan fingerprint density at radius 3 is 2.74 bits per heavy atom. The van der Waals surface area contributed by atoms with Crippen LogP contribution in [0, 0.1) is 10.6 Å². The Morgan fingerprint density at radius 2 is 2.00 bits per heavy atom. The summed E-state index contributed by atoms with van der Waals surface area (Å²) < 4.78 is 17.0. The molecule has 0 spiro atoms. The molecule has 0 aliphatic rings. The number of halogens is 3. The molecule has 0 aliphatic carbocycles. The number of imidazole rings is 1. The van der Waals surface area contributed by atoms with Gasteiger partial charge in [-0.3, -0.25) is 4.57 Å². The Kier molecular flexibility index (Phi) is 3.20. The predicted molar refractivity (Wildman–Crippen MR) is 81.1 cm³/mol. The quantitative estimate of drug-likeness (QED) is 0.590. The molecule has 3 rings (SSSR count). The monoisotopic (exact) mass is 356 g/mol. The van der Waals surface area contributed by atoms with Crippen molar-refractivity contribution in [2.24, 2.45) is 0 Å². The molecule has 6 heteroatoms. The van der Waals surface area contributed by atoms with E-state index in [0.717, 1.165) is 15.5 Å². The fourth-order valence-corrected chi connectivity index (χ4v) is 2.79. The number of nitrogens with zero attached hydrogens (tertiary/aromatic N) is 1. The number of rotatable bonds is 1. The number of fused-ring (bicyclic) bond motifs is 1. The first-order valence-electron chi connectivity index (χ1n) is 5.42. The molecule has 0 fully saturated rings. The molecule has 0 amide bonds. The Morgan fingerprint density at radius 1 is 1.21 bits per heavy atom. The standard InChI is InChI=1S/C13H7BrClFN2S/c14-7-1-3-10-12(5-7)18(13(19)17-10)11-4-2-8(15)6-9(11)16/h1-6H,(H,17,19). The Bertz CT molecular complexity index is 840. The summed E-state index contributed by atoms with van der Waals surface area (Å²) >= 11 is 14.4. The van der Waals surface area contributed by atoms with Gasteiger partial charge in [0.05, 0.1) is 16.7 Å². The van der Waals surface area contributed by atoms with Gasteiger partial charge in [-0.1, -0.05) is 27.5 Å². The molecule has 0 atom stereocenters. The molecule has 3 aromatic rings. The molecule has 0 radical (unpaired) electrons. The van der Waals surface area contributed by atoms with E-state index in [1.807, 2.05) is 18.2 Å². The van der Waals surface area contributed by atoms with E-state index in [2.05, 4.69) is 20.9 Å². The first-order chi connectivity index (χ1) is 9.06. The zero-order valence-corrected chi connectivity index (χ0v) is 12.6. The van der Waals surface area contributed by atoms with Crippen LogP contribution in [0.2, 0.25) is 5.02 Å². The van der Waals surface area contributed by atoms with Crippen LogP contribution in [-0.4, -0.2) is 9.55 Å². The van der Waals surface area contributed by atoms with Crippen LogP contribution >= 0.6 is 39.7 Å². The smallest absolute Gasteiger partial charge is 0.182 e. The fraction of sp³-hybridized carbons (Fsp3) is 0. The molecule has 1 heterocycles. The van der Waals surface area contributed by atoms with Gasteiger partial charge in [-0.15, -0.1) is 0 Å². The SMILES string of the molecule is Fc1cc(Cl)ccc1-n1c(=S)[nH]c2ccc(Br)cc21. The van der Waals surface area contributed by atoms with Crippen LogP contribution in [-0.2, 0) is 0 Å². The van der Waals surface area contributed by atoms with Gasteiger partial charge in [0.2, 0.25) is 0 Å². The molecule has 0 aliphatic heterocycles. The second kappa shape index (κ2) is 4.74. The van der Waals surface area contributed by atoms with Gasteiger partial charge in [0.1, 0.15) is 5.82 Å². The van der Waals surface area contributed by atoms with Crippen molar-refractivity contribution in [3.63, 3.8) is 0 Å². The highest BCUT2D eigenvalue weighted by Crippen LogP contribution is 2.25. The summed E-state index contributed by atoms with van der Waals surface area (Å²) in [5.41, 5.74) is 2.03. The van der Waals surface area contributed by atoms with Crippen LogP contribution in [0.25, 0.3) is 16.7 Å². The van der Waals surface area contributed by atoms with Crippen molar-refractivity contribution in [2.45, 2.75) is 0 Å². The lowest BCUT2D eigenvalue weighted by Gasteiger charge is -2.06. The molecule has 19 heavy (non-hydrogen) atoms. The van der Waals surface area contributed by atoms with Crippen molar-refractivity contribution in [1.29, 1.82) is 0 Å². The van der Waals surface area contributed by atoms with Gasteiger partial charge >= 0.3 is 0 Å². The number of benzene rings is 2. The number of H-pyrrole nitrogens is 1. The molecule has 0 saturated heterocycles. The van der Waals surface area contributed by atoms with Crippen LogP contribution < -0.4 is 0 Å². The minimum Gasteiger partial charge on any atom is -0.330 e. The van der Waals surface area contributed by atoms with Crippen LogP contribution in [0.5, 0.6) is 0 Å². The summed E-state index contributed by atoms with van der Waals surface area (Å²) in [4.78, 5) is 3.05. The number of aromatic amines is 1. The van der Waals surface area contributed by atoms with Crippen LogP contribution in [0.4, 0.5) is 4.39 Å². The normalized spacial score (nSPS) is 11.1. The van der Waals surface area contributed by atoms with E-state index in [9.17, 15) is 4.39 Å². The molecule has 0 saturated carbocycles. The summed E-state index contributed by atoms with van der Waals surface area (Å²) in [5.74, 6) is -0.413. The lowest BCUT2D eigenvalue weighted by atomic mass is 10.2. The summed E-state index contributed by atoms with van der Waals surface area (Å²) in [7, 11) is 0. The van der Waals surface area contributed by atoms with E-state index < -0.39 is 5.82 Å². The number of hydrogen-bond donors (Lipinski definition) is 1. The predicted octanol–water partition coefficient (Wildman–Crippen LogP) is 5.24. The van der Waals surface area contributed by atoms with Gasteiger partial charge in [0.25, 0.3) is 0 Å². The van der Waals surface area contributed by atoms with Gasteiger partial charge < -0.3 is 4.98 Å². The maximum absolute atomic E-state index is 14.0. The molecule has 1 N–H and O–H groups in total. The maximum Gasteiger partial charge on any atom is 0.182 e. The summed E-state index contributed by atoms with van der Waals surface area (Å²) in [6.07, 6.45) is 0. The topological polar surface area (TPSA) is 20.7 Å². The van der Waals surface area contributed by atoms with Crippen molar-refractivity contribution in [1.82, 2.24) is 9.55 Å². The summed E-state index contributed by atoms with van der Waals surface area (Å²) in [6, 6.07) is 10.2. The average Bonchev–Trinajstić information content (AvgIpc) is 2.65. The minimum absolute atomic E-state index is 0.355. The summed E-state index contributed by atoms with van der Waals surface area (Å²) in [5, 5.41) is 0.355. The van der Waals surface area contributed by atoms with Crippen molar-refractivity contribution in [3.05, 3.63) is 56.5 Å². The number of hydrogen-bond acceptors (Lipinski definition) is 1.